The Morgan fingerprint density at radius 3 is 1.48 bits per heavy atom. The smallest absolute Gasteiger partial charge is 0.119 e. The summed E-state index contributed by atoms with van der Waals surface area (Å²) in [7, 11) is -0.832. The Kier molecular flexibility index (Phi) is 16.2. The minimum atomic E-state index is -0.832. The van der Waals surface area contributed by atoms with E-state index in [1.807, 2.05) is 0 Å². The molecule has 0 bridgehead atoms. The molecule has 23 heavy (non-hydrogen) atoms. The lowest BCUT2D eigenvalue weighted by Gasteiger charge is -2.36. The van der Waals surface area contributed by atoms with Crippen molar-refractivity contribution >= 4 is 7.26 Å². The standard InChI is InChI=1S/C21H47NP/c1-6-11-15-17-22-21(16-10-5)23(18-12-7-2,19-13-8-3)20-14-9-4/h21-22H,6-20H2,1-5H3/q+1. The molecule has 2 heteroatoms. The van der Waals surface area contributed by atoms with Gasteiger partial charge in [0.25, 0.3) is 0 Å². The molecule has 0 heterocycles. The molecule has 0 aliphatic heterocycles. The van der Waals surface area contributed by atoms with Crippen LogP contribution in [-0.4, -0.2) is 30.8 Å². The van der Waals surface area contributed by atoms with E-state index >= 15 is 0 Å². The molecule has 0 aliphatic rings. The first-order valence-corrected chi connectivity index (χ1v) is 13.2. The zero-order valence-corrected chi connectivity index (χ0v) is 18.0. The van der Waals surface area contributed by atoms with Crippen molar-refractivity contribution in [2.75, 3.05) is 25.0 Å². The van der Waals surface area contributed by atoms with Crippen LogP contribution in [0.3, 0.4) is 0 Å². The van der Waals surface area contributed by atoms with Gasteiger partial charge in [0.05, 0.1) is 18.5 Å². The fraction of sp³-hybridized carbons (Fsp3) is 1.00. The van der Waals surface area contributed by atoms with Crippen molar-refractivity contribution in [2.24, 2.45) is 0 Å². The number of rotatable bonds is 17. The minimum Gasteiger partial charge on any atom is -0.283 e. The predicted molar refractivity (Wildman–Crippen MR) is 112 cm³/mol. The number of unbranched alkanes of at least 4 members (excludes halogenated alkanes) is 5. The van der Waals surface area contributed by atoms with E-state index in [4.69, 9.17) is 0 Å². The summed E-state index contributed by atoms with van der Waals surface area (Å²) in [4.78, 5) is 0. The summed E-state index contributed by atoms with van der Waals surface area (Å²) in [6.07, 6.45) is 20.0. The molecule has 0 spiro atoms. The van der Waals surface area contributed by atoms with Gasteiger partial charge in [0.2, 0.25) is 0 Å². The highest BCUT2D eigenvalue weighted by Crippen LogP contribution is 2.65. The van der Waals surface area contributed by atoms with Crippen molar-refractivity contribution in [1.29, 1.82) is 0 Å². The Balaban J connectivity index is 5.02. The predicted octanol–water partition coefficient (Wildman–Crippen LogP) is 7.31. The van der Waals surface area contributed by atoms with Crippen LogP contribution in [0.25, 0.3) is 0 Å². The van der Waals surface area contributed by atoms with Gasteiger partial charge < -0.3 is 0 Å². The third-order valence-electron chi connectivity index (χ3n) is 5.25. The quantitative estimate of drug-likeness (QED) is 0.215. The first-order valence-electron chi connectivity index (χ1n) is 10.8. The molecule has 1 unspecified atom stereocenters. The first-order chi connectivity index (χ1) is 11.2. The van der Waals surface area contributed by atoms with Crippen LogP contribution in [0.15, 0.2) is 0 Å². The van der Waals surface area contributed by atoms with E-state index in [2.05, 4.69) is 39.9 Å². The molecule has 0 aromatic heterocycles. The van der Waals surface area contributed by atoms with Gasteiger partial charge in [-0.3, -0.25) is 5.32 Å². The fourth-order valence-corrected chi connectivity index (χ4v) is 9.47. The number of nitrogens with one attached hydrogen (secondary N) is 1. The van der Waals surface area contributed by atoms with E-state index in [-0.39, 0.29) is 0 Å². The lowest BCUT2D eigenvalue weighted by molar-refractivity contribution is 0.553. The van der Waals surface area contributed by atoms with E-state index in [1.165, 1.54) is 77.2 Å². The number of hydrogen-bond donors (Lipinski definition) is 1. The van der Waals surface area contributed by atoms with Crippen LogP contribution in [0.1, 0.15) is 105 Å². The monoisotopic (exact) mass is 344 g/mol. The van der Waals surface area contributed by atoms with Crippen molar-refractivity contribution < 1.29 is 0 Å². The second-order valence-corrected chi connectivity index (χ2v) is 11.8. The summed E-state index contributed by atoms with van der Waals surface area (Å²) in [5.41, 5.74) is 0. The molecule has 0 rings (SSSR count). The molecule has 0 saturated carbocycles. The van der Waals surface area contributed by atoms with E-state index < -0.39 is 7.26 Å². The van der Waals surface area contributed by atoms with Gasteiger partial charge in [0, 0.05) is 7.26 Å². The lowest BCUT2D eigenvalue weighted by Crippen LogP contribution is -2.36. The van der Waals surface area contributed by atoms with Crippen LogP contribution >= 0.6 is 7.26 Å². The molecule has 1 nitrogen and oxygen atoms in total. The van der Waals surface area contributed by atoms with Gasteiger partial charge in [-0.15, -0.1) is 0 Å². The normalized spacial score (nSPS) is 13.4. The van der Waals surface area contributed by atoms with Crippen LogP contribution in [-0.2, 0) is 0 Å². The maximum Gasteiger partial charge on any atom is 0.119 e. The third kappa shape index (κ3) is 10.1. The highest BCUT2D eigenvalue weighted by atomic mass is 31.2. The molecule has 1 atom stereocenters. The molecule has 140 valence electrons. The summed E-state index contributed by atoms with van der Waals surface area (Å²) in [5.74, 6) is 0.856. The van der Waals surface area contributed by atoms with Gasteiger partial charge in [0.15, 0.2) is 0 Å². The van der Waals surface area contributed by atoms with E-state index in [9.17, 15) is 0 Å². The molecule has 0 fully saturated rings. The summed E-state index contributed by atoms with van der Waals surface area (Å²) in [6, 6.07) is 0. The van der Waals surface area contributed by atoms with E-state index in [0.29, 0.717) is 0 Å². The average Bonchev–Trinajstić information content (AvgIpc) is 2.57. The Morgan fingerprint density at radius 2 is 1.09 bits per heavy atom. The third-order valence-corrected chi connectivity index (χ3v) is 10.6. The summed E-state index contributed by atoms with van der Waals surface area (Å²) < 4.78 is 0. The highest BCUT2D eigenvalue weighted by Gasteiger charge is 2.43. The van der Waals surface area contributed by atoms with Crippen LogP contribution in [0.5, 0.6) is 0 Å². The zero-order valence-electron chi connectivity index (χ0n) is 17.1. The van der Waals surface area contributed by atoms with E-state index in [1.54, 1.807) is 18.5 Å². The molecular weight excluding hydrogens is 297 g/mol. The summed E-state index contributed by atoms with van der Waals surface area (Å²) in [5, 5.41) is 4.07. The molecule has 1 N–H and O–H groups in total. The van der Waals surface area contributed by atoms with Gasteiger partial charge in [0.1, 0.15) is 5.78 Å². The minimum absolute atomic E-state index is 0.832. The summed E-state index contributed by atoms with van der Waals surface area (Å²) >= 11 is 0. The zero-order chi connectivity index (χ0) is 17.4. The van der Waals surface area contributed by atoms with Crippen LogP contribution < -0.4 is 5.32 Å². The number of hydrogen-bond acceptors (Lipinski definition) is 1. The Hall–Kier alpha value is 0.390. The topological polar surface area (TPSA) is 12.0 Å². The van der Waals surface area contributed by atoms with E-state index in [0.717, 1.165) is 5.78 Å². The van der Waals surface area contributed by atoms with Crippen LogP contribution in [0, 0.1) is 0 Å². The van der Waals surface area contributed by atoms with Gasteiger partial charge in [-0.2, -0.15) is 0 Å². The lowest BCUT2D eigenvalue weighted by atomic mass is 10.2. The fourth-order valence-electron chi connectivity index (χ4n) is 3.71. The van der Waals surface area contributed by atoms with Crippen LogP contribution in [0.4, 0.5) is 0 Å². The second-order valence-electron chi connectivity index (χ2n) is 7.42. The molecule has 0 aliphatic carbocycles. The van der Waals surface area contributed by atoms with Crippen molar-refractivity contribution in [3.8, 4) is 0 Å². The van der Waals surface area contributed by atoms with Crippen molar-refractivity contribution in [3.63, 3.8) is 0 Å². The average molecular weight is 345 g/mol. The molecule has 0 saturated heterocycles. The van der Waals surface area contributed by atoms with Gasteiger partial charge in [-0.25, -0.2) is 0 Å². The van der Waals surface area contributed by atoms with Gasteiger partial charge in [-0.05, 0) is 38.6 Å². The maximum atomic E-state index is 4.07. The van der Waals surface area contributed by atoms with Gasteiger partial charge in [-0.1, -0.05) is 73.1 Å². The SMILES string of the molecule is CCCCCNC(CCC)[P+](CCCC)(CCCC)CCCC. The molecule has 0 radical (unpaired) electrons. The highest BCUT2D eigenvalue weighted by molar-refractivity contribution is 7.76. The second kappa shape index (κ2) is 15.9. The molecule has 0 aromatic carbocycles. The summed E-state index contributed by atoms with van der Waals surface area (Å²) in [6.45, 7) is 13.1. The van der Waals surface area contributed by atoms with Crippen molar-refractivity contribution in [2.45, 2.75) is 111 Å². The van der Waals surface area contributed by atoms with Crippen LogP contribution in [0.2, 0.25) is 0 Å². The Labute approximate surface area is 149 Å². The Morgan fingerprint density at radius 1 is 0.609 bits per heavy atom. The molecule has 0 aromatic rings. The Bertz CT molecular complexity index is 220. The first kappa shape index (κ1) is 23.4. The molecule has 0 amide bonds. The maximum absolute atomic E-state index is 4.07. The van der Waals surface area contributed by atoms with Crippen molar-refractivity contribution in [1.82, 2.24) is 5.32 Å². The largest absolute Gasteiger partial charge is 0.283 e. The molecular formula is C21H47NP+. The van der Waals surface area contributed by atoms with Gasteiger partial charge >= 0.3 is 0 Å². The van der Waals surface area contributed by atoms with Crippen molar-refractivity contribution in [3.05, 3.63) is 0 Å².